The van der Waals surface area contributed by atoms with E-state index in [1.54, 1.807) is 6.07 Å². The summed E-state index contributed by atoms with van der Waals surface area (Å²) < 4.78 is 13.2. The highest BCUT2D eigenvalue weighted by atomic mass is 19.1. The summed E-state index contributed by atoms with van der Waals surface area (Å²) in [5.74, 6) is 2.74. The van der Waals surface area contributed by atoms with E-state index in [9.17, 15) is 9.18 Å². The van der Waals surface area contributed by atoms with Crippen LogP contribution in [0.4, 0.5) is 4.39 Å². The van der Waals surface area contributed by atoms with Crippen molar-refractivity contribution in [1.82, 2.24) is 0 Å². The van der Waals surface area contributed by atoms with Crippen molar-refractivity contribution in [3.63, 3.8) is 0 Å². The van der Waals surface area contributed by atoms with Crippen LogP contribution in [0.5, 0.6) is 0 Å². The molecule has 1 saturated carbocycles. The number of benzene rings is 1. The molecule has 0 atom stereocenters. The van der Waals surface area contributed by atoms with Gasteiger partial charge in [-0.3, -0.25) is 4.79 Å². The predicted octanol–water partition coefficient (Wildman–Crippen LogP) is 2.84. The lowest BCUT2D eigenvalue weighted by Crippen LogP contribution is -2.30. The maximum atomic E-state index is 13.2. The fourth-order valence-corrected chi connectivity index (χ4v) is 2.26. The van der Waals surface area contributed by atoms with Crippen LogP contribution in [-0.4, -0.2) is 5.78 Å². The van der Waals surface area contributed by atoms with Gasteiger partial charge in [0.2, 0.25) is 0 Å². The normalized spacial score (nSPS) is 19.1. The maximum Gasteiger partial charge on any atom is 0.133 e. The van der Waals surface area contributed by atoms with Crippen LogP contribution in [0.1, 0.15) is 31.2 Å². The summed E-state index contributed by atoms with van der Waals surface area (Å²) in [5, 5.41) is 0. The van der Waals surface area contributed by atoms with Crippen molar-refractivity contribution in [2.24, 2.45) is 0 Å². The molecular formula is C14H13FO. The van der Waals surface area contributed by atoms with E-state index in [1.165, 1.54) is 12.1 Å². The summed E-state index contributed by atoms with van der Waals surface area (Å²) in [6, 6.07) is 6.40. The van der Waals surface area contributed by atoms with Crippen molar-refractivity contribution in [3.8, 4) is 12.3 Å². The highest BCUT2D eigenvalue weighted by Gasteiger charge is 2.34. The molecule has 0 saturated heterocycles. The Kier molecular flexibility index (Phi) is 2.78. The summed E-state index contributed by atoms with van der Waals surface area (Å²) in [4.78, 5) is 11.2. The van der Waals surface area contributed by atoms with Crippen molar-refractivity contribution in [3.05, 3.63) is 35.6 Å². The molecule has 1 fully saturated rings. The van der Waals surface area contributed by atoms with Gasteiger partial charge in [-0.05, 0) is 30.5 Å². The average molecular weight is 216 g/mol. The first kappa shape index (κ1) is 10.9. The van der Waals surface area contributed by atoms with E-state index in [-0.39, 0.29) is 11.6 Å². The first-order valence-electron chi connectivity index (χ1n) is 5.42. The molecule has 2 rings (SSSR count). The third-order valence-electron chi connectivity index (χ3n) is 3.31. The molecule has 0 unspecified atom stereocenters. The van der Waals surface area contributed by atoms with Crippen LogP contribution in [0.25, 0.3) is 0 Å². The Morgan fingerprint density at radius 2 is 2.00 bits per heavy atom. The van der Waals surface area contributed by atoms with Crippen molar-refractivity contribution in [2.75, 3.05) is 0 Å². The largest absolute Gasteiger partial charge is 0.300 e. The number of ketones is 1. The van der Waals surface area contributed by atoms with Crippen LogP contribution < -0.4 is 0 Å². The van der Waals surface area contributed by atoms with Crippen molar-refractivity contribution < 1.29 is 9.18 Å². The number of hydrogen-bond acceptors (Lipinski definition) is 1. The first-order chi connectivity index (χ1) is 7.66. The van der Waals surface area contributed by atoms with Gasteiger partial charge >= 0.3 is 0 Å². The SMILES string of the molecule is C#CC1(c2cccc(F)c2)CCC(=O)CC1. The van der Waals surface area contributed by atoms with Crippen molar-refractivity contribution in [2.45, 2.75) is 31.1 Å². The minimum Gasteiger partial charge on any atom is -0.300 e. The highest BCUT2D eigenvalue weighted by molar-refractivity contribution is 5.80. The monoisotopic (exact) mass is 216 g/mol. The van der Waals surface area contributed by atoms with Gasteiger partial charge in [0.15, 0.2) is 0 Å². The van der Waals surface area contributed by atoms with Gasteiger partial charge in [0.05, 0.1) is 5.41 Å². The van der Waals surface area contributed by atoms with Gasteiger partial charge in [-0.15, -0.1) is 6.42 Å². The Morgan fingerprint density at radius 3 is 2.56 bits per heavy atom. The summed E-state index contributed by atoms with van der Waals surface area (Å²) in [6.07, 6.45) is 7.84. The van der Waals surface area contributed by atoms with Crippen molar-refractivity contribution >= 4 is 5.78 Å². The van der Waals surface area contributed by atoms with E-state index < -0.39 is 5.41 Å². The van der Waals surface area contributed by atoms with E-state index >= 15 is 0 Å². The molecule has 1 nitrogen and oxygen atoms in total. The number of terminal acetylenes is 1. The molecule has 0 aliphatic heterocycles. The molecule has 16 heavy (non-hydrogen) atoms. The summed E-state index contributed by atoms with van der Waals surface area (Å²) >= 11 is 0. The zero-order valence-corrected chi connectivity index (χ0v) is 9.00. The molecule has 0 spiro atoms. The maximum absolute atomic E-state index is 13.2. The van der Waals surface area contributed by atoms with Crippen LogP contribution in [-0.2, 0) is 10.2 Å². The summed E-state index contributed by atoms with van der Waals surface area (Å²) in [5.41, 5.74) is 0.373. The van der Waals surface area contributed by atoms with Gasteiger partial charge in [-0.25, -0.2) is 4.39 Å². The average Bonchev–Trinajstić information content (AvgIpc) is 2.31. The minimum absolute atomic E-state index is 0.252. The van der Waals surface area contributed by atoms with Crippen LogP contribution in [0, 0.1) is 18.2 Å². The van der Waals surface area contributed by atoms with E-state index in [0.29, 0.717) is 25.7 Å². The Labute approximate surface area is 94.7 Å². The van der Waals surface area contributed by atoms with Crippen molar-refractivity contribution in [1.29, 1.82) is 0 Å². The Hall–Kier alpha value is -1.62. The second kappa shape index (κ2) is 4.09. The second-order valence-corrected chi connectivity index (χ2v) is 4.28. The summed E-state index contributed by atoms with van der Waals surface area (Å²) in [6.45, 7) is 0. The third kappa shape index (κ3) is 1.86. The molecule has 2 heteroatoms. The first-order valence-corrected chi connectivity index (χ1v) is 5.42. The molecule has 0 amide bonds. The Balaban J connectivity index is 2.36. The van der Waals surface area contributed by atoms with Crippen LogP contribution in [0.3, 0.4) is 0 Å². The van der Waals surface area contributed by atoms with Gasteiger partial charge in [0, 0.05) is 12.8 Å². The molecule has 0 radical (unpaired) electrons. The molecule has 1 aliphatic rings. The third-order valence-corrected chi connectivity index (χ3v) is 3.31. The second-order valence-electron chi connectivity index (χ2n) is 4.28. The number of rotatable bonds is 1. The zero-order valence-electron chi connectivity index (χ0n) is 9.00. The van der Waals surface area contributed by atoms with E-state index in [4.69, 9.17) is 6.42 Å². The van der Waals surface area contributed by atoms with Gasteiger partial charge in [-0.2, -0.15) is 0 Å². The molecular weight excluding hydrogens is 203 g/mol. The van der Waals surface area contributed by atoms with Gasteiger partial charge in [0.25, 0.3) is 0 Å². The van der Waals surface area contributed by atoms with Gasteiger partial charge < -0.3 is 0 Å². The lowest BCUT2D eigenvalue weighted by atomic mass is 9.70. The highest BCUT2D eigenvalue weighted by Crippen LogP contribution is 2.37. The lowest BCUT2D eigenvalue weighted by molar-refractivity contribution is -0.120. The van der Waals surface area contributed by atoms with Gasteiger partial charge in [0.1, 0.15) is 11.6 Å². The lowest BCUT2D eigenvalue weighted by Gasteiger charge is -2.32. The predicted molar refractivity (Wildman–Crippen MR) is 60.4 cm³/mol. The number of carbonyl (C=O) groups excluding carboxylic acids is 1. The number of carbonyl (C=O) groups is 1. The molecule has 82 valence electrons. The molecule has 0 aromatic heterocycles. The van der Waals surface area contributed by atoms with Crippen LogP contribution in [0.15, 0.2) is 24.3 Å². The zero-order chi connectivity index (χ0) is 11.6. The molecule has 0 N–H and O–H groups in total. The van der Waals surface area contributed by atoms with Crippen LogP contribution in [0.2, 0.25) is 0 Å². The minimum atomic E-state index is -0.448. The molecule has 1 aromatic carbocycles. The molecule has 1 aliphatic carbocycles. The molecule has 1 aromatic rings. The van der Waals surface area contributed by atoms with Gasteiger partial charge in [-0.1, -0.05) is 18.1 Å². The molecule has 0 heterocycles. The number of halogens is 1. The van der Waals surface area contributed by atoms with E-state index in [0.717, 1.165) is 5.56 Å². The smallest absolute Gasteiger partial charge is 0.133 e. The quantitative estimate of drug-likeness (QED) is 0.660. The van der Waals surface area contributed by atoms with Crippen LogP contribution >= 0.6 is 0 Å². The fourth-order valence-electron chi connectivity index (χ4n) is 2.26. The Bertz CT molecular complexity index is 446. The molecule has 0 bridgehead atoms. The Morgan fingerprint density at radius 1 is 1.31 bits per heavy atom. The fraction of sp³-hybridized carbons (Fsp3) is 0.357. The van der Waals surface area contributed by atoms with E-state index in [1.807, 2.05) is 6.07 Å². The topological polar surface area (TPSA) is 17.1 Å². The number of Topliss-reactive ketones (excluding diaryl/α,β-unsaturated/α-hetero) is 1. The summed E-state index contributed by atoms with van der Waals surface area (Å²) in [7, 11) is 0. The number of hydrogen-bond donors (Lipinski definition) is 0. The standard InChI is InChI=1S/C14H13FO/c1-2-14(8-6-13(16)7-9-14)11-4-3-5-12(15)10-11/h1,3-5,10H,6-9H2. The van der Waals surface area contributed by atoms with E-state index in [2.05, 4.69) is 5.92 Å².